The Morgan fingerprint density at radius 1 is 1.23 bits per heavy atom. The average molecular weight is 381 g/mol. The SMILES string of the molecule is COc1ccc(C(C)C)cc1CN1CCN(C(C)=O)[C@H]2CS(=O)(=O)C[C@H]21. The van der Waals surface area contributed by atoms with E-state index in [1.807, 2.05) is 6.07 Å². The quantitative estimate of drug-likeness (QED) is 0.795. The molecule has 7 heteroatoms. The van der Waals surface area contributed by atoms with E-state index in [4.69, 9.17) is 4.74 Å². The highest BCUT2D eigenvalue weighted by atomic mass is 32.2. The van der Waals surface area contributed by atoms with Gasteiger partial charge in [0, 0.05) is 38.2 Å². The van der Waals surface area contributed by atoms with Gasteiger partial charge in [0.25, 0.3) is 0 Å². The third-order valence-corrected chi connectivity index (χ3v) is 7.24. The van der Waals surface area contributed by atoms with Crippen LogP contribution in [0.1, 0.15) is 37.8 Å². The number of hydrogen-bond acceptors (Lipinski definition) is 5. The van der Waals surface area contributed by atoms with Crippen LogP contribution in [0.15, 0.2) is 18.2 Å². The molecule has 0 aliphatic carbocycles. The van der Waals surface area contributed by atoms with Crippen molar-refractivity contribution >= 4 is 15.7 Å². The highest BCUT2D eigenvalue weighted by molar-refractivity contribution is 7.91. The molecule has 0 aromatic heterocycles. The minimum absolute atomic E-state index is 0.0452. The maximum Gasteiger partial charge on any atom is 0.219 e. The Bertz CT molecular complexity index is 791. The third-order valence-electron chi connectivity index (χ3n) is 5.54. The molecule has 2 aliphatic rings. The molecule has 0 saturated carbocycles. The van der Waals surface area contributed by atoms with Gasteiger partial charge in [-0.25, -0.2) is 8.42 Å². The highest BCUT2D eigenvalue weighted by Crippen LogP contribution is 2.31. The number of benzene rings is 1. The lowest BCUT2D eigenvalue weighted by Gasteiger charge is -2.43. The summed E-state index contributed by atoms with van der Waals surface area (Å²) in [6.07, 6.45) is 0. The van der Waals surface area contributed by atoms with E-state index in [1.165, 1.54) is 12.5 Å². The van der Waals surface area contributed by atoms with E-state index in [2.05, 4.69) is 30.9 Å². The van der Waals surface area contributed by atoms with Crippen LogP contribution in [0.3, 0.4) is 0 Å². The first-order chi connectivity index (χ1) is 12.2. The summed E-state index contributed by atoms with van der Waals surface area (Å²) in [6.45, 7) is 7.69. The van der Waals surface area contributed by atoms with Gasteiger partial charge in [0.2, 0.25) is 5.91 Å². The van der Waals surface area contributed by atoms with E-state index < -0.39 is 9.84 Å². The molecule has 26 heavy (non-hydrogen) atoms. The fourth-order valence-corrected chi connectivity index (χ4v) is 6.12. The first kappa shape index (κ1) is 19.2. The van der Waals surface area contributed by atoms with Crippen LogP contribution in [0.2, 0.25) is 0 Å². The number of ether oxygens (including phenoxy) is 1. The fraction of sp³-hybridized carbons (Fsp3) is 0.632. The van der Waals surface area contributed by atoms with E-state index >= 15 is 0 Å². The number of piperazine rings is 1. The number of carbonyl (C=O) groups excluding carboxylic acids is 1. The molecule has 2 fully saturated rings. The molecule has 1 aromatic rings. The number of rotatable bonds is 4. The van der Waals surface area contributed by atoms with Gasteiger partial charge in [-0.15, -0.1) is 0 Å². The number of methoxy groups -OCH3 is 1. The Labute approximate surface area is 156 Å². The predicted octanol–water partition coefficient (Wildman–Crippen LogP) is 1.65. The lowest BCUT2D eigenvalue weighted by atomic mass is 9.98. The molecule has 1 amide bonds. The lowest BCUT2D eigenvalue weighted by Crippen LogP contribution is -2.59. The van der Waals surface area contributed by atoms with Crippen molar-refractivity contribution in [1.29, 1.82) is 0 Å². The topological polar surface area (TPSA) is 66.9 Å². The summed E-state index contributed by atoms with van der Waals surface area (Å²) in [5.74, 6) is 1.37. The molecule has 2 saturated heterocycles. The van der Waals surface area contributed by atoms with Crippen molar-refractivity contribution in [3.63, 3.8) is 0 Å². The normalized spacial score (nSPS) is 25.3. The number of carbonyl (C=O) groups is 1. The van der Waals surface area contributed by atoms with Crippen LogP contribution in [-0.4, -0.2) is 67.9 Å². The Morgan fingerprint density at radius 3 is 2.54 bits per heavy atom. The Kier molecular flexibility index (Phi) is 5.30. The molecule has 3 rings (SSSR count). The molecule has 144 valence electrons. The number of amides is 1. The van der Waals surface area contributed by atoms with E-state index in [0.29, 0.717) is 25.6 Å². The zero-order chi connectivity index (χ0) is 19.1. The van der Waals surface area contributed by atoms with Crippen molar-refractivity contribution in [3.8, 4) is 5.75 Å². The van der Waals surface area contributed by atoms with Gasteiger partial charge in [-0.05, 0) is 17.5 Å². The lowest BCUT2D eigenvalue weighted by molar-refractivity contribution is -0.134. The van der Waals surface area contributed by atoms with Crippen molar-refractivity contribution < 1.29 is 17.9 Å². The van der Waals surface area contributed by atoms with Crippen LogP contribution in [0.25, 0.3) is 0 Å². The number of fused-ring (bicyclic) bond motifs is 1. The highest BCUT2D eigenvalue weighted by Gasteiger charge is 2.47. The van der Waals surface area contributed by atoms with Gasteiger partial charge in [0.1, 0.15) is 5.75 Å². The van der Waals surface area contributed by atoms with Crippen LogP contribution in [0.4, 0.5) is 0 Å². The maximum absolute atomic E-state index is 12.2. The van der Waals surface area contributed by atoms with E-state index in [-0.39, 0.29) is 29.5 Å². The van der Waals surface area contributed by atoms with Crippen molar-refractivity contribution in [2.24, 2.45) is 0 Å². The summed E-state index contributed by atoms with van der Waals surface area (Å²) in [5.41, 5.74) is 2.30. The number of nitrogens with zero attached hydrogens (tertiary/aromatic N) is 2. The van der Waals surface area contributed by atoms with Gasteiger partial charge in [-0.3, -0.25) is 9.69 Å². The summed E-state index contributed by atoms with van der Waals surface area (Å²) < 4.78 is 30.0. The second-order valence-corrected chi connectivity index (χ2v) is 9.77. The van der Waals surface area contributed by atoms with Crippen LogP contribution < -0.4 is 4.74 Å². The van der Waals surface area contributed by atoms with Crippen LogP contribution >= 0.6 is 0 Å². The second kappa shape index (κ2) is 7.19. The smallest absolute Gasteiger partial charge is 0.219 e. The Balaban J connectivity index is 1.88. The molecule has 2 aliphatic heterocycles. The molecule has 0 spiro atoms. The molecule has 0 N–H and O–H groups in total. The van der Waals surface area contributed by atoms with Crippen molar-refractivity contribution in [1.82, 2.24) is 9.80 Å². The summed E-state index contributed by atoms with van der Waals surface area (Å²) in [7, 11) is -1.47. The van der Waals surface area contributed by atoms with Crippen molar-refractivity contribution in [2.75, 3.05) is 31.7 Å². The van der Waals surface area contributed by atoms with Crippen LogP contribution in [0.5, 0.6) is 5.75 Å². The molecule has 0 bridgehead atoms. The van der Waals surface area contributed by atoms with Crippen LogP contribution in [0, 0.1) is 0 Å². The monoisotopic (exact) mass is 380 g/mol. The van der Waals surface area contributed by atoms with Gasteiger partial charge in [0.05, 0.1) is 24.7 Å². The average Bonchev–Trinajstić information content (AvgIpc) is 2.89. The summed E-state index contributed by atoms with van der Waals surface area (Å²) in [5, 5.41) is 0. The predicted molar refractivity (Wildman–Crippen MR) is 101 cm³/mol. The van der Waals surface area contributed by atoms with Crippen LogP contribution in [-0.2, 0) is 21.2 Å². The molecule has 0 radical (unpaired) electrons. The molecular formula is C19H28N2O4S. The maximum atomic E-state index is 12.2. The van der Waals surface area contributed by atoms with Crippen molar-refractivity contribution in [3.05, 3.63) is 29.3 Å². The number of sulfone groups is 1. The van der Waals surface area contributed by atoms with Gasteiger partial charge >= 0.3 is 0 Å². The Hall–Kier alpha value is -1.60. The molecule has 2 heterocycles. The largest absolute Gasteiger partial charge is 0.496 e. The van der Waals surface area contributed by atoms with E-state index in [9.17, 15) is 13.2 Å². The molecule has 2 atom stereocenters. The first-order valence-electron chi connectivity index (χ1n) is 9.10. The molecule has 6 nitrogen and oxygen atoms in total. The molecular weight excluding hydrogens is 352 g/mol. The summed E-state index contributed by atoms with van der Waals surface area (Å²) in [4.78, 5) is 15.9. The number of hydrogen-bond donors (Lipinski definition) is 0. The molecule has 1 aromatic carbocycles. The Morgan fingerprint density at radius 2 is 1.92 bits per heavy atom. The minimum Gasteiger partial charge on any atom is -0.496 e. The van der Waals surface area contributed by atoms with Gasteiger partial charge < -0.3 is 9.64 Å². The first-order valence-corrected chi connectivity index (χ1v) is 10.9. The molecule has 0 unspecified atom stereocenters. The van der Waals surface area contributed by atoms with Gasteiger partial charge in [-0.2, -0.15) is 0 Å². The van der Waals surface area contributed by atoms with E-state index in [1.54, 1.807) is 12.0 Å². The zero-order valence-electron chi connectivity index (χ0n) is 15.9. The van der Waals surface area contributed by atoms with E-state index in [0.717, 1.165) is 11.3 Å². The van der Waals surface area contributed by atoms with Gasteiger partial charge in [0.15, 0.2) is 9.84 Å². The van der Waals surface area contributed by atoms with Gasteiger partial charge in [-0.1, -0.05) is 26.0 Å². The zero-order valence-corrected chi connectivity index (χ0v) is 16.8. The third kappa shape index (κ3) is 3.74. The minimum atomic E-state index is -3.12. The second-order valence-electron chi connectivity index (χ2n) is 7.62. The van der Waals surface area contributed by atoms with Crippen molar-refractivity contribution in [2.45, 2.75) is 45.3 Å². The summed E-state index contributed by atoms with van der Waals surface area (Å²) in [6, 6.07) is 5.82. The fourth-order valence-electron chi connectivity index (χ4n) is 4.11. The summed E-state index contributed by atoms with van der Waals surface area (Å²) >= 11 is 0. The standard InChI is InChI=1S/C19H28N2O4S/c1-13(2)15-5-6-19(25-4)16(9-15)10-20-7-8-21(14(3)22)18-12-26(23,24)11-17(18)20/h5-6,9,13,17-18H,7-8,10-12H2,1-4H3/t17-,18+/m1/s1.